The third kappa shape index (κ3) is 5.12. The van der Waals surface area contributed by atoms with Gasteiger partial charge < -0.3 is 9.47 Å². The lowest BCUT2D eigenvalue weighted by atomic mass is 10.4. The number of aldehydes is 1. The molecule has 0 aliphatic carbocycles. The van der Waals surface area contributed by atoms with Crippen LogP contribution in [0.5, 0.6) is 0 Å². The Morgan fingerprint density at radius 1 is 1.55 bits per heavy atom. The van der Waals surface area contributed by atoms with Crippen molar-refractivity contribution >= 4 is 22.2 Å². The predicted molar refractivity (Wildman–Crippen MR) is 45.5 cm³/mol. The van der Waals surface area contributed by atoms with Crippen molar-refractivity contribution in [3.8, 4) is 0 Å². The molecule has 0 saturated carbocycles. The summed E-state index contributed by atoms with van der Waals surface area (Å²) >= 11 is 3.05. The molecule has 11 heavy (non-hydrogen) atoms. The maximum absolute atomic E-state index is 10.1. The van der Waals surface area contributed by atoms with E-state index in [4.69, 9.17) is 9.47 Å². The quantitative estimate of drug-likeness (QED) is 0.402. The van der Waals surface area contributed by atoms with Gasteiger partial charge in [-0.1, -0.05) is 6.08 Å². The number of methoxy groups -OCH3 is 2. The zero-order valence-corrected chi connectivity index (χ0v) is 8.13. The Morgan fingerprint density at radius 3 is 2.45 bits per heavy atom. The number of allylic oxidation sites excluding steroid dienone is 1. The highest BCUT2D eigenvalue weighted by molar-refractivity contribution is 9.12. The lowest BCUT2D eigenvalue weighted by molar-refractivity contribution is -0.104. The highest BCUT2D eigenvalue weighted by Crippen LogP contribution is 2.05. The fourth-order valence-corrected chi connectivity index (χ4v) is 0.733. The van der Waals surface area contributed by atoms with Gasteiger partial charge in [0.2, 0.25) is 0 Å². The van der Waals surface area contributed by atoms with Crippen molar-refractivity contribution in [2.75, 3.05) is 14.2 Å². The van der Waals surface area contributed by atoms with Crippen LogP contribution in [0.3, 0.4) is 0 Å². The van der Waals surface area contributed by atoms with E-state index in [0.717, 1.165) is 6.29 Å². The fourth-order valence-electron chi connectivity index (χ4n) is 0.546. The molecule has 0 radical (unpaired) electrons. The SMILES string of the molecule is COC(C/C=C(\Br)C=O)OC. The van der Waals surface area contributed by atoms with Crippen LogP contribution in [0.1, 0.15) is 6.42 Å². The molecule has 3 nitrogen and oxygen atoms in total. The van der Waals surface area contributed by atoms with Crippen LogP contribution >= 0.6 is 15.9 Å². The van der Waals surface area contributed by atoms with E-state index in [-0.39, 0.29) is 6.29 Å². The number of hydrogen-bond acceptors (Lipinski definition) is 3. The van der Waals surface area contributed by atoms with E-state index in [9.17, 15) is 4.79 Å². The smallest absolute Gasteiger partial charge is 0.160 e. The molecule has 64 valence electrons. The minimum atomic E-state index is -0.275. The Balaban J connectivity index is 3.73. The molecule has 0 rings (SSSR count). The topological polar surface area (TPSA) is 35.5 Å². The molecule has 0 aliphatic heterocycles. The molecule has 0 N–H and O–H groups in total. The molecular weight excluding hydrogens is 212 g/mol. The summed E-state index contributed by atoms with van der Waals surface area (Å²) in [7, 11) is 3.10. The normalized spacial score (nSPS) is 12.2. The predicted octanol–water partition coefficient (Wildman–Crippen LogP) is 1.47. The molecule has 0 aromatic heterocycles. The molecule has 0 fully saturated rings. The lowest BCUT2D eigenvalue weighted by Crippen LogP contribution is -2.11. The van der Waals surface area contributed by atoms with E-state index in [1.807, 2.05) is 0 Å². The first-order valence-electron chi connectivity index (χ1n) is 3.11. The third-order valence-corrected chi connectivity index (χ3v) is 1.65. The monoisotopic (exact) mass is 222 g/mol. The molecule has 0 atom stereocenters. The van der Waals surface area contributed by atoms with E-state index in [1.54, 1.807) is 20.3 Å². The second kappa shape index (κ2) is 6.52. The molecule has 0 aromatic carbocycles. The fraction of sp³-hybridized carbons (Fsp3) is 0.571. The molecule has 0 saturated heterocycles. The van der Waals surface area contributed by atoms with Crippen LogP contribution in [0.25, 0.3) is 0 Å². The largest absolute Gasteiger partial charge is 0.356 e. The van der Waals surface area contributed by atoms with Crippen LogP contribution in [0.15, 0.2) is 10.6 Å². The average molecular weight is 223 g/mol. The first-order chi connectivity index (χ1) is 5.24. The average Bonchev–Trinajstić information content (AvgIpc) is 2.06. The van der Waals surface area contributed by atoms with Gasteiger partial charge in [-0.2, -0.15) is 0 Å². The highest BCUT2D eigenvalue weighted by Gasteiger charge is 2.01. The number of carbonyl (C=O) groups excluding carboxylic acids is 1. The van der Waals surface area contributed by atoms with E-state index < -0.39 is 0 Å². The van der Waals surface area contributed by atoms with Crippen molar-refractivity contribution in [1.29, 1.82) is 0 Å². The number of ether oxygens (including phenoxy) is 2. The molecule has 0 bridgehead atoms. The Morgan fingerprint density at radius 2 is 2.09 bits per heavy atom. The van der Waals surface area contributed by atoms with Crippen LogP contribution in [0.2, 0.25) is 0 Å². The maximum atomic E-state index is 10.1. The highest BCUT2D eigenvalue weighted by atomic mass is 79.9. The van der Waals surface area contributed by atoms with Crippen LogP contribution < -0.4 is 0 Å². The summed E-state index contributed by atoms with van der Waals surface area (Å²) in [5.41, 5.74) is 0. The van der Waals surface area contributed by atoms with Crippen LogP contribution in [0, 0.1) is 0 Å². The van der Waals surface area contributed by atoms with E-state index in [2.05, 4.69) is 15.9 Å². The van der Waals surface area contributed by atoms with Gasteiger partial charge in [-0.3, -0.25) is 4.79 Å². The van der Waals surface area contributed by atoms with Gasteiger partial charge in [0.1, 0.15) is 0 Å². The van der Waals surface area contributed by atoms with E-state index in [1.165, 1.54) is 0 Å². The zero-order chi connectivity index (χ0) is 8.69. The molecule has 0 aromatic rings. The Kier molecular flexibility index (Phi) is 6.40. The molecule has 0 spiro atoms. The van der Waals surface area contributed by atoms with Gasteiger partial charge in [0, 0.05) is 20.6 Å². The van der Waals surface area contributed by atoms with E-state index in [0.29, 0.717) is 10.9 Å². The van der Waals surface area contributed by atoms with Gasteiger partial charge in [-0.25, -0.2) is 0 Å². The molecule has 0 heterocycles. The Labute approximate surface area is 74.5 Å². The summed E-state index contributed by atoms with van der Waals surface area (Å²) in [6.45, 7) is 0. The Hall–Kier alpha value is -0.190. The summed E-state index contributed by atoms with van der Waals surface area (Å²) in [6.07, 6.45) is 2.71. The minimum Gasteiger partial charge on any atom is -0.356 e. The molecule has 4 heteroatoms. The van der Waals surface area contributed by atoms with Gasteiger partial charge in [0.15, 0.2) is 12.6 Å². The zero-order valence-electron chi connectivity index (χ0n) is 6.54. The molecule has 0 aliphatic rings. The summed E-state index contributed by atoms with van der Waals surface area (Å²) in [5.74, 6) is 0. The number of carbonyl (C=O) groups is 1. The summed E-state index contributed by atoms with van der Waals surface area (Å²) < 4.78 is 10.3. The minimum absolute atomic E-state index is 0.275. The van der Waals surface area contributed by atoms with Gasteiger partial charge in [0.05, 0.1) is 4.48 Å². The van der Waals surface area contributed by atoms with Gasteiger partial charge >= 0.3 is 0 Å². The van der Waals surface area contributed by atoms with Gasteiger partial charge in [-0.15, -0.1) is 0 Å². The van der Waals surface area contributed by atoms with Crippen molar-refractivity contribution in [3.63, 3.8) is 0 Å². The van der Waals surface area contributed by atoms with Crippen molar-refractivity contribution < 1.29 is 14.3 Å². The summed E-state index contributed by atoms with van der Waals surface area (Å²) in [6, 6.07) is 0. The molecule has 0 unspecified atom stereocenters. The van der Waals surface area contributed by atoms with Crippen molar-refractivity contribution in [3.05, 3.63) is 10.6 Å². The second-order valence-electron chi connectivity index (χ2n) is 1.84. The third-order valence-electron chi connectivity index (χ3n) is 1.14. The van der Waals surface area contributed by atoms with Crippen LogP contribution in [0.4, 0.5) is 0 Å². The number of halogens is 1. The maximum Gasteiger partial charge on any atom is 0.160 e. The van der Waals surface area contributed by atoms with Crippen molar-refractivity contribution in [2.45, 2.75) is 12.7 Å². The molecule has 0 amide bonds. The molecular formula is C7H11BrO3. The lowest BCUT2D eigenvalue weighted by Gasteiger charge is -2.09. The van der Waals surface area contributed by atoms with Crippen LogP contribution in [-0.4, -0.2) is 26.8 Å². The van der Waals surface area contributed by atoms with Crippen LogP contribution in [-0.2, 0) is 14.3 Å². The van der Waals surface area contributed by atoms with Gasteiger partial charge in [0.25, 0.3) is 0 Å². The first kappa shape index (κ1) is 10.8. The van der Waals surface area contributed by atoms with Gasteiger partial charge in [-0.05, 0) is 15.9 Å². The van der Waals surface area contributed by atoms with Crippen molar-refractivity contribution in [2.24, 2.45) is 0 Å². The standard InChI is InChI=1S/C7H11BrO3/c1-10-7(11-2)4-3-6(8)5-9/h3,5,7H,4H2,1-2H3/b6-3-. The Bertz CT molecular complexity index is 141. The number of hydrogen-bond donors (Lipinski definition) is 0. The second-order valence-corrected chi connectivity index (χ2v) is 2.76. The number of rotatable bonds is 5. The first-order valence-corrected chi connectivity index (χ1v) is 3.90. The van der Waals surface area contributed by atoms with Crippen molar-refractivity contribution in [1.82, 2.24) is 0 Å². The summed E-state index contributed by atoms with van der Waals surface area (Å²) in [4.78, 5) is 10.1. The summed E-state index contributed by atoms with van der Waals surface area (Å²) in [5, 5.41) is 0. The van der Waals surface area contributed by atoms with E-state index >= 15 is 0 Å².